The highest BCUT2D eigenvalue weighted by molar-refractivity contribution is 5.89. The van der Waals surface area contributed by atoms with Gasteiger partial charge in [-0.1, -0.05) is 12.1 Å². The van der Waals surface area contributed by atoms with Gasteiger partial charge in [-0.15, -0.1) is 0 Å². The molecule has 1 aromatic rings. The van der Waals surface area contributed by atoms with Gasteiger partial charge in [-0.2, -0.15) is 0 Å². The van der Waals surface area contributed by atoms with E-state index in [2.05, 4.69) is 15.4 Å². The highest BCUT2D eigenvalue weighted by atomic mass is 19.1. The highest BCUT2D eigenvalue weighted by Gasteiger charge is 2.16. The maximum Gasteiger partial charge on any atom is 0.336 e. The lowest BCUT2D eigenvalue weighted by Crippen LogP contribution is -2.39. The van der Waals surface area contributed by atoms with Crippen molar-refractivity contribution in [2.45, 2.75) is 6.10 Å². The normalized spacial score (nSPS) is 11.5. The molecule has 0 fully saturated rings. The van der Waals surface area contributed by atoms with Crippen LogP contribution in [0.2, 0.25) is 0 Å². The fourth-order valence-electron chi connectivity index (χ4n) is 1.14. The van der Waals surface area contributed by atoms with Gasteiger partial charge in [0.05, 0.1) is 19.3 Å². The molecule has 2 amide bonds. The number of rotatable bonds is 4. The summed E-state index contributed by atoms with van der Waals surface area (Å²) in [5.41, 5.74) is 0.00237. The Morgan fingerprint density at radius 3 is 2.72 bits per heavy atom. The number of aliphatic hydroxyl groups is 1. The van der Waals surface area contributed by atoms with Crippen LogP contribution >= 0.6 is 0 Å². The summed E-state index contributed by atoms with van der Waals surface area (Å²) in [6, 6.07) is 4.88. The van der Waals surface area contributed by atoms with Crippen molar-refractivity contribution < 1.29 is 23.8 Å². The molecule has 1 rings (SSSR count). The summed E-state index contributed by atoms with van der Waals surface area (Å²) in [6.07, 6.45) is -1.46. The summed E-state index contributed by atoms with van der Waals surface area (Å²) in [6.45, 7) is -0.326. The van der Waals surface area contributed by atoms with Crippen molar-refractivity contribution in [3.05, 3.63) is 30.1 Å². The molecular weight excluding hydrogens is 243 g/mol. The van der Waals surface area contributed by atoms with E-state index in [0.29, 0.717) is 0 Å². The first-order valence-electron chi connectivity index (χ1n) is 5.10. The number of hydrogen-bond donors (Lipinski definition) is 3. The Labute approximate surface area is 103 Å². The molecule has 0 saturated carbocycles. The average Bonchev–Trinajstić information content (AvgIpc) is 2.37. The second-order valence-electron chi connectivity index (χ2n) is 3.35. The third-order valence-corrected chi connectivity index (χ3v) is 2.05. The van der Waals surface area contributed by atoms with Crippen molar-refractivity contribution in [1.82, 2.24) is 5.32 Å². The number of hydrogen-bond acceptors (Lipinski definition) is 4. The number of carbonyl (C=O) groups excluding carboxylic acids is 2. The molecule has 0 saturated heterocycles. The minimum Gasteiger partial charge on any atom is -0.467 e. The van der Waals surface area contributed by atoms with E-state index in [0.717, 1.165) is 7.11 Å². The summed E-state index contributed by atoms with van der Waals surface area (Å²) in [5.74, 6) is -1.44. The molecule has 18 heavy (non-hydrogen) atoms. The van der Waals surface area contributed by atoms with Gasteiger partial charge in [0.15, 0.2) is 6.10 Å². The highest BCUT2D eigenvalue weighted by Crippen LogP contribution is 2.11. The zero-order chi connectivity index (χ0) is 13.5. The second-order valence-corrected chi connectivity index (χ2v) is 3.35. The first-order valence-corrected chi connectivity index (χ1v) is 5.10. The van der Waals surface area contributed by atoms with Crippen molar-refractivity contribution in [1.29, 1.82) is 0 Å². The van der Waals surface area contributed by atoms with Gasteiger partial charge in [-0.25, -0.2) is 14.0 Å². The van der Waals surface area contributed by atoms with E-state index in [4.69, 9.17) is 0 Å². The summed E-state index contributed by atoms with van der Waals surface area (Å²) < 4.78 is 17.4. The molecular formula is C11H13FN2O4. The van der Waals surface area contributed by atoms with Gasteiger partial charge < -0.3 is 20.5 Å². The summed E-state index contributed by atoms with van der Waals surface area (Å²) in [5, 5.41) is 13.6. The van der Waals surface area contributed by atoms with Crippen LogP contribution in [0.1, 0.15) is 0 Å². The van der Waals surface area contributed by atoms with Crippen LogP contribution in [-0.4, -0.2) is 36.9 Å². The van der Waals surface area contributed by atoms with E-state index in [1.165, 1.54) is 18.2 Å². The topological polar surface area (TPSA) is 87.7 Å². The number of amides is 2. The number of aliphatic hydroxyl groups excluding tert-OH is 1. The van der Waals surface area contributed by atoms with Crippen LogP contribution in [0.25, 0.3) is 0 Å². The molecule has 0 radical (unpaired) electrons. The molecule has 0 aliphatic rings. The number of halogens is 1. The van der Waals surface area contributed by atoms with Gasteiger partial charge in [-0.3, -0.25) is 0 Å². The van der Waals surface area contributed by atoms with Crippen LogP contribution in [0.15, 0.2) is 24.3 Å². The average molecular weight is 256 g/mol. The number of methoxy groups -OCH3 is 1. The minimum atomic E-state index is -1.46. The van der Waals surface area contributed by atoms with Gasteiger partial charge >= 0.3 is 12.0 Å². The molecule has 0 aromatic heterocycles. The third-order valence-electron chi connectivity index (χ3n) is 2.05. The van der Waals surface area contributed by atoms with Gasteiger partial charge in [0, 0.05) is 0 Å². The monoisotopic (exact) mass is 256 g/mol. The maximum absolute atomic E-state index is 13.2. The lowest BCUT2D eigenvalue weighted by molar-refractivity contribution is -0.149. The van der Waals surface area contributed by atoms with Crippen LogP contribution in [0.4, 0.5) is 14.9 Å². The van der Waals surface area contributed by atoms with Crippen LogP contribution < -0.4 is 10.6 Å². The molecule has 98 valence electrons. The zero-order valence-electron chi connectivity index (χ0n) is 9.64. The first-order chi connectivity index (χ1) is 8.54. The van der Waals surface area contributed by atoms with E-state index >= 15 is 0 Å². The minimum absolute atomic E-state index is 0.00237. The molecule has 6 nitrogen and oxygen atoms in total. The SMILES string of the molecule is COC(=O)C(O)CNC(=O)Nc1ccccc1F. The smallest absolute Gasteiger partial charge is 0.336 e. The van der Waals surface area contributed by atoms with Gasteiger partial charge in [-0.05, 0) is 12.1 Å². The summed E-state index contributed by atoms with van der Waals surface area (Å²) in [7, 11) is 1.12. The molecule has 1 unspecified atom stereocenters. The van der Waals surface area contributed by atoms with Crippen molar-refractivity contribution in [3.8, 4) is 0 Å². The molecule has 7 heteroatoms. The van der Waals surface area contributed by atoms with Crippen LogP contribution in [0, 0.1) is 5.82 Å². The number of para-hydroxylation sites is 1. The maximum atomic E-state index is 13.2. The van der Waals surface area contributed by atoms with Crippen molar-refractivity contribution in [3.63, 3.8) is 0 Å². The molecule has 1 aromatic carbocycles. The summed E-state index contributed by atoms with van der Waals surface area (Å²) in [4.78, 5) is 22.2. The number of urea groups is 1. The number of esters is 1. The Kier molecular flexibility index (Phi) is 5.06. The first kappa shape index (κ1) is 13.9. The Morgan fingerprint density at radius 1 is 1.44 bits per heavy atom. The van der Waals surface area contributed by atoms with E-state index in [1.807, 2.05) is 0 Å². The molecule has 0 heterocycles. The van der Waals surface area contributed by atoms with Crippen LogP contribution in [0.3, 0.4) is 0 Å². The largest absolute Gasteiger partial charge is 0.467 e. The van der Waals surface area contributed by atoms with E-state index in [1.54, 1.807) is 6.07 Å². The van der Waals surface area contributed by atoms with Crippen molar-refractivity contribution >= 4 is 17.7 Å². The summed E-state index contributed by atoms with van der Waals surface area (Å²) >= 11 is 0. The van der Waals surface area contributed by atoms with Gasteiger partial charge in [0.2, 0.25) is 0 Å². The second kappa shape index (κ2) is 6.55. The van der Waals surface area contributed by atoms with Gasteiger partial charge in [0.25, 0.3) is 0 Å². The number of anilines is 1. The third kappa shape index (κ3) is 4.02. The Morgan fingerprint density at radius 2 is 2.11 bits per heavy atom. The zero-order valence-corrected chi connectivity index (χ0v) is 9.64. The lowest BCUT2D eigenvalue weighted by Gasteiger charge is -2.11. The number of ether oxygens (including phenoxy) is 1. The quantitative estimate of drug-likeness (QED) is 0.684. The van der Waals surface area contributed by atoms with E-state index < -0.39 is 23.9 Å². The van der Waals surface area contributed by atoms with Gasteiger partial charge in [0.1, 0.15) is 5.82 Å². The molecule has 0 aliphatic carbocycles. The Balaban J connectivity index is 2.43. The standard InChI is InChI=1S/C11H13FN2O4/c1-18-10(16)9(15)6-13-11(17)14-8-5-3-2-4-7(8)12/h2-5,9,15H,6H2,1H3,(H2,13,14,17). The predicted octanol–water partition coefficient (Wildman–Crippen LogP) is 0.481. The van der Waals surface area contributed by atoms with Crippen molar-refractivity contribution in [2.24, 2.45) is 0 Å². The van der Waals surface area contributed by atoms with E-state index in [9.17, 15) is 19.1 Å². The van der Waals surface area contributed by atoms with Crippen LogP contribution in [-0.2, 0) is 9.53 Å². The number of carbonyl (C=O) groups is 2. The molecule has 0 spiro atoms. The number of nitrogens with one attached hydrogen (secondary N) is 2. The predicted molar refractivity (Wildman–Crippen MR) is 61.4 cm³/mol. The molecule has 0 bridgehead atoms. The van der Waals surface area contributed by atoms with E-state index in [-0.39, 0.29) is 12.2 Å². The van der Waals surface area contributed by atoms with Crippen molar-refractivity contribution in [2.75, 3.05) is 19.0 Å². The molecule has 1 atom stereocenters. The fraction of sp³-hybridized carbons (Fsp3) is 0.273. The fourth-order valence-corrected chi connectivity index (χ4v) is 1.14. The molecule has 3 N–H and O–H groups in total. The lowest BCUT2D eigenvalue weighted by atomic mass is 10.3. The molecule has 0 aliphatic heterocycles. The Bertz CT molecular complexity index is 439. The number of benzene rings is 1. The van der Waals surface area contributed by atoms with Crippen LogP contribution in [0.5, 0.6) is 0 Å². The Hall–Kier alpha value is -2.15.